The Bertz CT molecular complexity index is 1150. The van der Waals surface area contributed by atoms with Gasteiger partial charge >= 0.3 is 0 Å². The van der Waals surface area contributed by atoms with Crippen LogP contribution in [0.25, 0.3) is 5.57 Å². The molecular weight excluding hydrogens is 532 g/mol. The Morgan fingerprint density at radius 1 is 1.23 bits per heavy atom. The number of aliphatic hydroxyl groups excluding tert-OH is 1. The van der Waals surface area contributed by atoms with Gasteiger partial charge in [-0.25, -0.2) is 9.97 Å². The molecule has 5 atom stereocenters. The number of carbonyl (C=O) groups excluding carboxylic acids is 2. The molecular formula is C28H38N6O5S. The van der Waals surface area contributed by atoms with Crippen LogP contribution in [-0.2, 0) is 25.7 Å². The second-order valence-electron chi connectivity index (χ2n) is 10.9. The lowest BCUT2D eigenvalue weighted by molar-refractivity contribution is -0.126. The third-order valence-corrected chi connectivity index (χ3v) is 8.81. The fourth-order valence-electron chi connectivity index (χ4n) is 5.36. The standard InChI is InChI=1S/C28H38N6O5S/c1-16(11-31-26(36)15-38-2)32-20-8-18(9-20)27(37)34-28-33-21-7-6-17(10-24(21)40-28)19-12-29-25(30-13-19)14-39-23-5-3-4-22(23)35/h6-7,10,12-13,16,18,20-24,32,35H,3-5,8-9,11,14-15H2,1-2H3,(H,31,36)(H,33,34,37)/t16-,18-,20+,21?,22-,23-,24?/m0/s1. The summed E-state index contributed by atoms with van der Waals surface area (Å²) in [6.07, 6.45) is 13.5. The van der Waals surface area contributed by atoms with Gasteiger partial charge in [0.05, 0.1) is 23.5 Å². The highest BCUT2D eigenvalue weighted by Crippen LogP contribution is 2.35. The summed E-state index contributed by atoms with van der Waals surface area (Å²) in [6, 6.07) is 0.357. The predicted octanol–water partition coefficient (Wildman–Crippen LogP) is 1.34. The van der Waals surface area contributed by atoms with Crippen LogP contribution in [0.5, 0.6) is 0 Å². The molecule has 0 spiro atoms. The number of hydrogen-bond donors (Lipinski definition) is 4. The summed E-state index contributed by atoms with van der Waals surface area (Å²) in [5.41, 5.74) is 1.94. The van der Waals surface area contributed by atoms with Crippen LogP contribution in [0, 0.1) is 5.92 Å². The first kappa shape index (κ1) is 28.9. The van der Waals surface area contributed by atoms with E-state index in [-0.39, 0.29) is 60.4 Å². The lowest BCUT2D eigenvalue weighted by Crippen LogP contribution is -2.52. The van der Waals surface area contributed by atoms with E-state index in [1.807, 2.05) is 13.0 Å². The number of allylic oxidation sites excluding steroid dienone is 2. The van der Waals surface area contributed by atoms with Crippen LogP contribution in [0.15, 0.2) is 35.6 Å². The molecule has 2 saturated carbocycles. The summed E-state index contributed by atoms with van der Waals surface area (Å²) in [6.45, 7) is 2.88. The molecule has 2 amide bonds. The molecule has 2 unspecified atom stereocenters. The predicted molar refractivity (Wildman–Crippen MR) is 152 cm³/mol. The van der Waals surface area contributed by atoms with Crippen molar-refractivity contribution in [2.24, 2.45) is 10.9 Å². The van der Waals surface area contributed by atoms with E-state index in [2.05, 4.69) is 38.1 Å². The van der Waals surface area contributed by atoms with Gasteiger partial charge in [-0.3, -0.25) is 14.6 Å². The molecule has 2 heterocycles. The van der Waals surface area contributed by atoms with Crippen molar-refractivity contribution in [2.45, 2.75) is 81.2 Å². The summed E-state index contributed by atoms with van der Waals surface area (Å²) in [5, 5.41) is 20.0. The first-order valence-electron chi connectivity index (χ1n) is 14.0. The van der Waals surface area contributed by atoms with Crippen molar-refractivity contribution in [2.75, 3.05) is 20.3 Å². The highest BCUT2D eigenvalue weighted by molar-refractivity contribution is 8.14. The van der Waals surface area contributed by atoms with Crippen LogP contribution in [0.2, 0.25) is 0 Å². The van der Waals surface area contributed by atoms with Crippen LogP contribution in [0.3, 0.4) is 0 Å². The summed E-state index contributed by atoms with van der Waals surface area (Å²) in [4.78, 5) is 37.9. The molecule has 0 bridgehead atoms. The fraction of sp³-hybridized carbons (Fsp3) is 0.607. The maximum absolute atomic E-state index is 12.8. The Morgan fingerprint density at radius 2 is 2.02 bits per heavy atom. The Morgan fingerprint density at radius 3 is 2.75 bits per heavy atom. The Labute approximate surface area is 238 Å². The van der Waals surface area contributed by atoms with Gasteiger partial charge in [-0.15, -0.1) is 0 Å². The SMILES string of the molecule is COCC(=O)NC[C@H](C)N[C@H]1C[C@@H](C(=O)NC2=NC3C=CC(c4cnc(CO[C@H]5CCC[C@@H]5O)nc4)=CC3S2)C1. The minimum Gasteiger partial charge on any atom is -0.390 e. The van der Waals surface area contributed by atoms with Gasteiger partial charge in [-0.2, -0.15) is 0 Å². The van der Waals surface area contributed by atoms with Gasteiger partial charge in [0.15, 0.2) is 11.0 Å². The molecule has 12 heteroatoms. The molecule has 5 rings (SSSR count). The number of nitrogens with zero attached hydrogens (tertiary/aromatic N) is 3. The zero-order chi connectivity index (χ0) is 28.1. The molecule has 4 aliphatic rings. The summed E-state index contributed by atoms with van der Waals surface area (Å²) < 4.78 is 10.6. The van der Waals surface area contributed by atoms with Gasteiger partial charge in [-0.05, 0) is 44.6 Å². The van der Waals surface area contributed by atoms with E-state index in [1.165, 1.54) is 7.11 Å². The number of ether oxygens (including phenoxy) is 2. The van der Waals surface area contributed by atoms with Crippen LogP contribution in [0.1, 0.15) is 50.4 Å². The van der Waals surface area contributed by atoms with E-state index in [4.69, 9.17) is 14.5 Å². The van der Waals surface area contributed by atoms with Crippen LogP contribution >= 0.6 is 11.8 Å². The van der Waals surface area contributed by atoms with Gasteiger partial charge in [0.2, 0.25) is 11.8 Å². The molecule has 40 heavy (non-hydrogen) atoms. The van der Waals surface area contributed by atoms with E-state index in [0.717, 1.165) is 43.2 Å². The first-order chi connectivity index (χ1) is 19.4. The van der Waals surface area contributed by atoms with Crippen molar-refractivity contribution < 1.29 is 24.2 Å². The van der Waals surface area contributed by atoms with Gasteiger partial charge in [0.1, 0.15) is 13.2 Å². The zero-order valence-electron chi connectivity index (χ0n) is 22.9. The van der Waals surface area contributed by atoms with Gasteiger partial charge < -0.3 is 30.5 Å². The Balaban J connectivity index is 1.04. The number of methoxy groups -OCH3 is 1. The van der Waals surface area contributed by atoms with E-state index < -0.39 is 6.10 Å². The fourth-order valence-corrected chi connectivity index (χ4v) is 6.46. The van der Waals surface area contributed by atoms with Crippen LogP contribution in [-0.4, -0.2) is 87.9 Å². The second-order valence-corrected chi connectivity index (χ2v) is 12.1. The topological polar surface area (TPSA) is 147 Å². The number of nitrogens with one attached hydrogen (secondary N) is 3. The molecule has 1 aromatic rings. The minimum absolute atomic E-state index is 0.00788. The molecule has 0 radical (unpaired) electrons. The highest BCUT2D eigenvalue weighted by atomic mass is 32.2. The van der Waals surface area contributed by atoms with Gasteiger partial charge in [0, 0.05) is 49.6 Å². The number of rotatable bonds is 11. The lowest BCUT2D eigenvalue weighted by atomic mass is 9.79. The average Bonchev–Trinajstić information content (AvgIpc) is 3.52. The number of thioether (sulfide) groups is 1. The van der Waals surface area contributed by atoms with E-state index in [0.29, 0.717) is 17.5 Å². The summed E-state index contributed by atoms with van der Waals surface area (Å²) in [5.74, 6) is 0.425. The molecule has 0 aromatic carbocycles. The number of hydrogen-bond acceptors (Lipinski definition) is 10. The number of fused-ring (bicyclic) bond motifs is 1. The molecule has 216 valence electrons. The largest absolute Gasteiger partial charge is 0.390 e. The highest BCUT2D eigenvalue weighted by Gasteiger charge is 2.37. The number of carbonyl (C=O) groups is 2. The second kappa shape index (κ2) is 13.3. The van der Waals surface area contributed by atoms with Gasteiger partial charge in [-0.1, -0.05) is 30.0 Å². The van der Waals surface area contributed by atoms with Crippen LogP contribution in [0.4, 0.5) is 0 Å². The quantitative estimate of drug-likeness (QED) is 0.309. The third-order valence-electron chi connectivity index (χ3n) is 7.69. The van der Waals surface area contributed by atoms with Crippen molar-refractivity contribution >= 4 is 34.3 Å². The summed E-state index contributed by atoms with van der Waals surface area (Å²) >= 11 is 1.56. The number of amidine groups is 1. The molecule has 4 N–H and O–H groups in total. The number of aliphatic hydroxyl groups is 1. The number of aliphatic imine (C=N–C) groups is 1. The maximum Gasteiger partial charge on any atom is 0.246 e. The van der Waals surface area contributed by atoms with Crippen molar-refractivity contribution in [1.82, 2.24) is 25.9 Å². The van der Waals surface area contributed by atoms with Crippen molar-refractivity contribution in [3.8, 4) is 0 Å². The summed E-state index contributed by atoms with van der Waals surface area (Å²) in [7, 11) is 1.49. The van der Waals surface area contributed by atoms with Crippen molar-refractivity contribution in [1.29, 1.82) is 0 Å². The molecule has 3 aliphatic carbocycles. The Hall–Kier alpha value is -2.64. The molecule has 0 saturated heterocycles. The van der Waals surface area contributed by atoms with E-state index >= 15 is 0 Å². The Kier molecular flexibility index (Phi) is 9.63. The van der Waals surface area contributed by atoms with Crippen molar-refractivity contribution in [3.63, 3.8) is 0 Å². The first-order valence-corrected chi connectivity index (χ1v) is 14.8. The van der Waals surface area contributed by atoms with Gasteiger partial charge in [0.25, 0.3) is 0 Å². The van der Waals surface area contributed by atoms with Crippen molar-refractivity contribution in [3.05, 3.63) is 42.0 Å². The minimum atomic E-state index is -0.393. The molecule has 1 aromatic heterocycles. The van der Waals surface area contributed by atoms with Crippen LogP contribution < -0.4 is 16.0 Å². The lowest BCUT2D eigenvalue weighted by Gasteiger charge is -2.36. The average molecular weight is 571 g/mol. The molecule has 1 aliphatic heterocycles. The smallest absolute Gasteiger partial charge is 0.246 e. The third kappa shape index (κ3) is 7.35. The molecule has 2 fully saturated rings. The number of aromatic nitrogens is 2. The zero-order valence-corrected chi connectivity index (χ0v) is 23.7. The molecule has 11 nitrogen and oxygen atoms in total. The monoisotopic (exact) mass is 570 g/mol. The number of amides is 2. The van der Waals surface area contributed by atoms with E-state index in [9.17, 15) is 14.7 Å². The normalized spacial score (nSPS) is 29.7. The van der Waals surface area contributed by atoms with E-state index in [1.54, 1.807) is 24.2 Å². The maximum atomic E-state index is 12.8.